The number of rotatable bonds is 4. The van der Waals surface area contributed by atoms with Gasteiger partial charge in [-0.15, -0.1) is 0 Å². The van der Waals surface area contributed by atoms with Crippen LogP contribution in [-0.4, -0.2) is 23.6 Å². The summed E-state index contributed by atoms with van der Waals surface area (Å²) in [5.41, 5.74) is 3.88. The molecular weight excluding hydrogens is 292 g/mol. The van der Waals surface area contributed by atoms with E-state index in [2.05, 4.69) is 10.2 Å². The summed E-state index contributed by atoms with van der Waals surface area (Å²) in [7, 11) is 0. The Morgan fingerprint density at radius 2 is 1.78 bits per heavy atom. The second-order valence-corrected chi connectivity index (χ2v) is 5.19. The highest BCUT2D eigenvalue weighted by atomic mass is 16.7. The molecule has 1 aliphatic rings. The van der Waals surface area contributed by atoms with Crippen molar-refractivity contribution in [2.75, 3.05) is 13.4 Å². The van der Waals surface area contributed by atoms with Crippen LogP contribution in [0, 0.1) is 0 Å². The van der Waals surface area contributed by atoms with Gasteiger partial charge in [0.2, 0.25) is 6.79 Å². The summed E-state index contributed by atoms with van der Waals surface area (Å²) in [5.74, 6) is 2.40. The van der Waals surface area contributed by atoms with Crippen LogP contribution in [0.25, 0.3) is 22.5 Å². The monoisotopic (exact) mass is 308 g/mol. The molecule has 0 atom stereocenters. The minimum absolute atomic E-state index is 0.275. The van der Waals surface area contributed by atoms with Crippen LogP contribution in [0.3, 0.4) is 0 Å². The predicted octanol–water partition coefficient (Wildman–Crippen LogP) is 3.87. The molecule has 5 heteroatoms. The third-order valence-corrected chi connectivity index (χ3v) is 3.72. The van der Waals surface area contributed by atoms with Crippen LogP contribution in [0.15, 0.2) is 48.5 Å². The lowest BCUT2D eigenvalue weighted by Crippen LogP contribution is -1.92. The Morgan fingerprint density at radius 3 is 2.61 bits per heavy atom. The van der Waals surface area contributed by atoms with E-state index in [1.54, 1.807) is 0 Å². The third-order valence-electron chi connectivity index (χ3n) is 3.72. The zero-order valence-corrected chi connectivity index (χ0v) is 12.7. The topological polar surface area (TPSA) is 56.4 Å². The Balaban J connectivity index is 1.61. The van der Waals surface area contributed by atoms with Crippen LogP contribution in [-0.2, 0) is 0 Å². The van der Waals surface area contributed by atoms with Crippen molar-refractivity contribution in [2.24, 2.45) is 0 Å². The molecule has 0 amide bonds. The van der Waals surface area contributed by atoms with Gasteiger partial charge in [0.25, 0.3) is 0 Å². The standard InChI is InChI=1S/C18H16N2O3/c1-2-21-14-6-3-12(4-7-14)15-10-16(20-19-15)13-5-8-17-18(9-13)23-11-22-17/h3-10H,2,11H2,1H3,(H,19,20). The third kappa shape index (κ3) is 2.61. The molecule has 23 heavy (non-hydrogen) atoms. The summed E-state index contributed by atoms with van der Waals surface area (Å²) in [6, 6.07) is 15.8. The van der Waals surface area contributed by atoms with Crippen molar-refractivity contribution in [3.05, 3.63) is 48.5 Å². The van der Waals surface area contributed by atoms with Gasteiger partial charge in [0, 0.05) is 5.56 Å². The van der Waals surface area contributed by atoms with Crippen molar-refractivity contribution < 1.29 is 14.2 Å². The van der Waals surface area contributed by atoms with Gasteiger partial charge in [0.15, 0.2) is 11.5 Å². The number of aromatic nitrogens is 2. The molecule has 0 spiro atoms. The van der Waals surface area contributed by atoms with Crippen molar-refractivity contribution >= 4 is 0 Å². The van der Waals surface area contributed by atoms with Crippen molar-refractivity contribution in [1.29, 1.82) is 0 Å². The molecule has 2 aromatic carbocycles. The quantitative estimate of drug-likeness (QED) is 0.795. The van der Waals surface area contributed by atoms with Gasteiger partial charge in [0.05, 0.1) is 18.0 Å². The number of hydrogen-bond donors (Lipinski definition) is 1. The van der Waals surface area contributed by atoms with E-state index in [4.69, 9.17) is 14.2 Å². The summed E-state index contributed by atoms with van der Waals surface area (Å²) in [6.45, 7) is 2.91. The van der Waals surface area contributed by atoms with Gasteiger partial charge >= 0.3 is 0 Å². The van der Waals surface area contributed by atoms with Gasteiger partial charge in [-0.2, -0.15) is 5.10 Å². The second kappa shape index (κ2) is 5.68. The minimum atomic E-state index is 0.275. The Bertz CT molecular complexity index is 825. The average Bonchev–Trinajstić information content (AvgIpc) is 3.24. The molecule has 2 heterocycles. The molecule has 5 nitrogen and oxygen atoms in total. The number of hydrogen-bond acceptors (Lipinski definition) is 4. The Morgan fingerprint density at radius 1 is 1.00 bits per heavy atom. The lowest BCUT2D eigenvalue weighted by molar-refractivity contribution is 0.174. The summed E-state index contributed by atoms with van der Waals surface area (Å²) in [5, 5.41) is 7.47. The molecule has 0 radical (unpaired) electrons. The number of nitrogens with one attached hydrogen (secondary N) is 1. The highest BCUT2D eigenvalue weighted by molar-refractivity contribution is 5.70. The molecule has 4 rings (SSSR count). The second-order valence-electron chi connectivity index (χ2n) is 5.19. The Labute approximate surface area is 133 Å². The maximum absolute atomic E-state index is 5.46. The van der Waals surface area contributed by atoms with Gasteiger partial charge < -0.3 is 14.2 Å². The average molecular weight is 308 g/mol. The highest BCUT2D eigenvalue weighted by Crippen LogP contribution is 2.36. The van der Waals surface area contributed by atoms with Gasteiger partial charge in [0.1, 0.15) is 5.75 Å². The largest absolute Gasteiger partial charge is 0.494 e. The molecule has 0 unspecified atom stereocenters. The SMILES string of the molecule is CCOc1ccc(-c2cc(-c3ccc4c(c3)OCO4)n[nH]2)cc1. The van der Waals surface area contributed by atoms with E-state index >= 15 is 0 Å². The van der Waals surface area contributed by atoms with Gasteiger partial charge in [-0.1, -0.05) is 0 Å². The molecule has 1 aliphatic heterocycles. The normalized spacial score (nSPS) is 12.4. The number of fused-ring (bicyclic) bond motifs is 1. The number of nitrogens with zero attached hydrogens (tertiary/aromatic N) is 1. The van der Waals surface area contributed by atoms with E-state index in [0.29, 0.717) is 6.61 Å². The first kappa shape index (κ1) is 13.7. The van der Waals surface area contributed by atoms with E-state index in [0.717, 1.165) is 39.8 Å². The molecule has 1 aromatic heterocycles. The van der Waals surface area contributed by atoms with E-state index in [-0.39, 0.29) is 6.79 Å². The van der Waals surface area contributed by atoms with E-state index in [9.17, 15) is 0 Å². The molecular formula is C18H16N2O3. The molecule has 0 saturated carbocycles. The van der Waals surface area contributed by atoms with Crippen LogP contribution in [0.1, 0.15) is 6.92 Å². The van der Waals surface area contributed by atoms with Gasteiger partial charge in [-0.05, 0) is 61.0 Å². The van der Waals surface area contributed by atoms with Crippen molar-refractivity contribution in [1.82, 2.24) is 10.2 Å². The fourth-order valence-electron chi connectivity index (χ4n) is 2.57. The van der Waals surface area contributed by atoms with E-state index in [1.165, 1.54) is 0 Å². The first-order valence-electron chi connectivity index (χ1n) is 7.52. The maximum atomic E-state index is 5.46. The molecule has 0 saturated heterocycles. The minimum Gasteiger partial charge on any atom is -0.494 e. The van der Waals surface area contributed by atoms with Crippen molar-refractivity contribution in [2.45, 2.75) is 6.92 Å². The lowest BCUT2D eigenvalue weighted by Gasteiger charge is -2.03. The van der Waals surface area contributed by atoms with Gasteiger partial charge in [-0.3, -0.25) is 5.10 Å². The zero-order valence-electron chi connectivity index (χ0n) is 12.7. The summed E-state index contributed by atoms with van der Waals surface area (Å²) in [4.78, 5) is 0. The fraction of sp³-hybridized carbons (Fsp3) is 0.167. The zero-order chi connectivity index (χ0) is 15.6. The number of aromatic amines is 1. The molecule has 1 N–H and O–H groups in total. The molecule has 0 fully saturated rings. The van der Waals surface area contributed by atoms with E-state index < -0.39 is 0 Å². The highest BCUT2D eigenvalue weighted by Gasteiger charge is 2.15. The van der Waals surface area contributed by atoms with Gasteiger partial charge in [-0.25, -0.2) is 0 Å². The lowest BCUT2D eigenvalue weighted by atomic mass is 10.1. The van der Waals surface area contributed by atoms with Crippen LogP contribution < -0.4 is 14.2 Å². The molecule has 0 aliphatic carbocycles. The van der Waals surface area contributed by atoms with Crippen LogP contribution >= 0.6 is 0 Å². The smallest absolute Gasteiger partial charge is 0.231 e. The summed E-state index contributed by atoms with van der Waals surface area (Å²) < 4.78 is 16.2. The van der Waals surface area contributed by atoms with Crippen LogP contribution in [0.5, 0.6) is 17.2 Å². The van der Waals surface area contributed by atoms with Crippen molar-refractivity contribution in [3.63, 3.8) is 0 Å². The van der Waals surface area contributed by atoms with Crippen LogP contribution in [0.2, 0.25) is 0 Å². The fourth-order valence-corrected chi connectivity index (χ4v) is 2.57. The maximum Gasteiger partial charge on any atom is 0.231 e. The Hall–Kier alpha value is -2.95. The molecule has 3 aromatic rings. The molecule has 0 bridgehead atoms. The summed E-state index contributed by atoms with van der Waals surface area (Å²) >= 11 is 0. The van der Waals surface area contributed by atoms with Crippen LogP contribution in [0.4, 0.5) is 0 Å². The first-order chi connectivity index (χ1) is 11.3. The first-order valence-corrected chi connectivity index (χ1v) is 7.52. The predicted molar refractivity (Wildman–Crippen MR) is 86.8 cm³/mol. The summed E-state index contributed by atoms with van der Waals surface area (Å²) in [6.07, 6.45) is 0. The number of benzene rings is 2. The molecule has 116 valence electrons. The van der Waals surface area contributed by atoms with E-state index in [1.807, 2.05) is 55.5 Å². The number of H-pyrrole nitrogens is 1. The van der Waals surface area contributed by atoms with Crippen molar-refractivity contribution in [3.8, 4) is 39.8 Å². The Kier molecular flexibility index (Phi) is 3.38. The number of ether oxygens (including phenoxy) is 3.